The molecule has 132 valence electrons. The molecule has 0 bridgehead atoms. The molecule has 0 saturated carbocycles. The lowest BCUT2D eigenvalue weighted by molar-refractivity contribution is -0.214. The zero-order valence-corrected chi connectivity index (χ0v) is 16.7. The number of anilines is 1. The number of aromatic amines is 1. The largest absolute Gasteiger partial charge is 0.365 e. The van der Waals surface area contributed by atoms with Crippen LogP contribution in [0.2, 0.25) is 0 Å². The number of nitrogens with one attached hydrogen (secondary N) is 1. The number of aromatic nitrogens is 1. The average molecular weight is 328 g/mol. The molecule has 0 aromatic rings. The smallest absolute Gasteiger partial charge is 0.115 e. The number of aryl methyl sites for hydroxylation is 1. The Morgan fingerprint density at radius 1 is 0.875 bits per heavy atom. The highest BCUT2D eigenvalue weighted by Gasteiger charge is 2.61. The average Bonchev–Trinajstić information content (AvgIpc) is 2.83. The number of H-pyrrole nitrogens is 1. The predicted octanol–water partition coefficient (Wildman–Crippen LogP) is 5.38. The first-order valence-corrected chi connectivity index (χ1v) is 8.90. The van der Waals surface area contributed by atoms with Crippen molar-refractivity contribution in [2.75, 3.05) is 4.90 Å². The Balaban J connectivity index is 2.31. The maximum absolute atomic E-state index is 6.61. The Kier molecular flexibility index (Phi) is 3.46. The van der Waals surface area contributed by atoms with E-state index in [2.05, 4.69) is 96.5 Å². The molecule has 2 heterocycles. The van der Waals surface area contributed by atoms with E-state index in [1.165, 1.54) is 22.6 Å². The minimum absolute atomic E-state index is 0.180. The summed E-state index contributed by atoms with van der Waals surface area (Å²) in [5, 5.41) is 0. The third kappa shape index (κ3) is 2.13. The van der Waals surface area contributed by atoms with Crippen molar-refractivity contribution in [2.45, 2.75) is 84.6 Å². The SMILES string of the molecule is Cc1cc2cccc-2c(N2C(C)(C)C(C)(C)OC(C)(C)C2(C)C)[nH]1. The predicted molar refractivity (Wildman–Crippen MR) is 102 cm³/mol. The number of rotatable bonds is 1. The molecule has 0 atom stereocenters. The lowest BCUT2D eigenvalue weighted by Gasteiger charge is -2.67. The van der Waals surface area contributed by atoms with Crippen molar-refractivity contribution < 1.29 is 4.74 Å². The van der Waals surface area contributed by atoms with Crippen LogP contribution in [0.15, 0.2) is 24.3 Å². The number of fused-ring (bicyclic) bond motifs is 1. The summed E-state index contributed by atoms with van der Waals surface area (Å²) >= 11 is 0. The van der Waals surface area contributed by atoms with Gasteiger partial charge in [0, 0.05) is 11.3 Å². The Labute approximate surface area is 146 Å². The second kappa shape index (κ2) is 4.78. The second-order valence-electron chi connectivity index (χ2n) is 9.27. The van der Waals surface area contributed by atoms with E-state index in [9.17, 15) is 0 Å². The van der Waals surface area contributed by atoms with Gasteiger partial charge in [0.15, 0.2) is 0 Å². The zero-order valence-electron chi connectivity index (χ0n) is 16.7. The van der Waals surface area contributed by atoms with Gasteiger partial charge in [-0.15, -0.1) is 0 Å². The van der Waals surface area contributed by atoms with Gasteiger partial charge in [-0.2, -0.15) is 0 Å². The molecule has 2 aliphatic heterocycles. The fourth-order valence-electron chi connectivity index (χ4n) is 4.16. The van der Waals surface area contributed by atoms with Crippen LogP contribution >= 0.6 is 0 Å². The molecule has 3 nitrogen and oxygen atoms in total. The van der Waals surface area contributed by atoms with Crippen LogP contribution in [0.25, 0.3) is 11.1 Å². The van der Waals surface area contributed by atoms with Crippen LogP contribution in [0.4, 0.5) is 5.82 Å². The summed E-state index contributed by atoms with van der Waals surface area (Å²) in [5.74, 6) is 1.19. The van der Waals surface area contributed by atoms with Gasteiger partial charge in [0.05, 0.1) is 22.3 Å². The molecule has 3 rings (SSSR count). The maximum atomic E-state index is 6.61. The van der Waals surface area contributed by atoms with Crippen LogP contribution in [0.5, 0.6) is 0 Å². The molecule has 0 aromatic heterocycles. The third-order valence-electron chi connectivity index (χ3n) is 6.59. The summed E-state index contributed by atoms with van der Waals surface area (Å²) in [6.45, 7) is 20.1. The fourth-order valence-corrected chi connectivity index (χ4v) is 4.16. The van der Waals surface area contributed by atoms with Crippen LogP contribution in [0.3, 0.4) is 0 Å². The summed E-state index contributed by atoms with van der Waals surface area (Å²) in [4.78, 5) is 6.22. The van der Waals surface area contributed by atoms with Crippen LogP contribution in [-0.4, -0.2) is 27.3 Å². The van der Waals surface area contributed by atoms with E-state index in [0.717, 1.165) is 0 Å². The van der Waals surface area contributed by atoms with E-state index in [-0.39, 0.29) is 22.3 Å². The van der Waals surface area contributed by atoms with Crippen LogP contribution in [-0.2, 0) is 4.74 Å². The van der Waals surface area contributed by atoms with E-state index >= 15 is 0 Å². The summed E-state index contributed by atoms with van der Waals surface area (Å²) in [5.41, 5.74) is 2.80. The number of morpholine rings is 1. The van der Waals surface area contributed by atoms with Gasteiger partial charge in [-0.05, 0) is 73.9 Å². The molecule has 1 fully saturated rings. The van der Waals surface area contributed by atoms with Gasteiger partial charge in [-0.25, -0.2) is 0 Å². The molecule has 0 aromatic carbocycles. The molecule has 0 amide bonds. The summed E-state index contributed by atoms with van der Waals surface area (Å²) in [6, 6.07) is 8.76. The van der Waals surface area contributed by atoms with Crippen molar-refractivity contribution >= 4 is 5.82 Å². The van der Waals surface area contributed by atoms with Crippen LogP contribution < -0.4 is 4.90 Å². The third-order valence-corrected chi connectivity index (χ3v) is 6.59. The van der Waals surface area contributed by atoms with Gasteiger partial charge in [0.2, 0.25) is 0 Å². The number of ether oxygens (including phenoxy) is 1. The van der Waals surface area contributed by atoms with Crippen molar-refractivity contribution in [3.05, 3.63) is 30.0 Å². The van der Waals surface area contributed by atoms with Crippen LogP contribution in [0, 0.1) is 6.92 Å². The Morgan fingerprint density at radius 2 is 1.42 bits per heavy atom. The highest BCUT2D eigenvalue weighted by atomic mass is 16.5. The van der Waals surface area contributed by atoms with Gasteiger partial charge in [0.1, 0.15) is 5.82 Å². The second-order valence-corrected chi connectivity index (χ2v) is 9.27. The molecular weight excluding hydrogens is 296 g/mol. The van der Waals surface area contributed by atoms with Crippen molar-refractivity contribution in [2.24, 2.45) is 0 Å². The first-order valence-electron chi connectivity index (χ1n) is 8.90. The Hall–Kier alpha value is -1.48. The minimum Gasteiger partial charge on any atom is -0.365 e. The van der Waals surface area contributed by atoms with E-state index in [4.69, 9.17) is 4.74 Å². The van der Waals surface area contributed by atoms with E-state index < -0.39 is 0 Å². The number of nitrogens with zero attached hydrogens (tertiary/aromatic N) is 1. The topological polar surface area (TPSA) is 28.3 Å². The van der Waals surface area contributed by atoms with Gasteiger partial charge in [0.25, 0.3) is 0 Å². The van der Waals surface area contributed by atoms with Crippen molar-refractivity contribution in [3.63, 3.8) is 0 Å². The fraction of sp³-hybridized carbons (Fsp3) is 0.619. The summed E-state index contributed by atoms with van der Waals surface area (Å²) < 4.78 is 6.61. The summed E-state index contributed by atoms with van der Waals surface area (Å²) in [6.07, 6.45) is 0. The normalized spacial score (nSPS) is 24.3. The van der Waals surface area contributed by atoms with Gasteiger partial charge in [-0.1, -0.05) is 18.2 Å². The number of pyridine rings is 1. The molecule has 0 spiro atoms. The number of hydrogen-bond donors (Lipinski definition) is 1. The molecule has 3 heteroatoms. The van der Waals surface area contributed by atoms with Gasteiger partial charge < -0.3 is 14.6 Å². The van der Waals surface area contributed by atoms with Gasteiger partial charge in [-0.3, -0.25) is 0 Å². The molecular formula is C21H32N2O. The molecule has 0 unspecified atom stereocenters. The highest BCUT2D eigenvalue weighted by Crippen LogP contribution is 2.52. The molecule has 3 aliphatic rings. The Bertz CT molecular complexity index is 710. The first-order chi connectivity index (χ1) is 10.8. The molecule has 1 N–H and O–H groups in total. The van der Waals surface area contributed by atoms with Crippen molar-refractivity contribution in [1.29, 1.82) is 0 Å². The van der Waals surface area contributed by atoms with Gasteiger partial charge >= 0.3 is 0 Å². The first kappa shape index (κ1) is 17.3. The van der Waals surface area contributed by atoms with Crippen molar-refractivity contribution in [3.8, 4) is 11.1 Å². The lowest BCUT2D eigenvalue weighted by atomic mass is 9.71. The maximum Gasteiger partial charge on any atom is 0.115 e. The quantitative estimate of drug-likeness (QED) is 0.761. The number of hydrogen-bond acceptors (Lipinski definition) is 2. The van der Waals surface area contributed by atoms with E-state index in [0.29, 0.717) is 0 Å². The van der Waals surface area contributed by atoms with Crippen LogP contribution in [0.1, 0.15) is 61.1 Å². The molecule has 1 saturated heterocycles. The molecule has 0 radical (unpaired) electrons. The summed E-state index contributed by atoms with van der Waals surface area (Å²) in [7, 11) is 0. The highest BCUT2D eigenvalue weighted by molar-refractivity contribution is 5.80. The lowest BCUT2D eigenvalue weighted by Crippen LogP contribution is -2.78. The zero-order chi connectivity index (χ0) is 18.1. The standard InChI is InChI=1S/C21H32N2O/c1-14-13-15-11-10-12-16(15)17(22-14)23-18(2,3)20(6,7)24-21(8,9)19(23,4)5/h10-13,22H,1-9H3. The van der Waals surface area contributed by atoms with E-state index in [1.807, 2.05) is 0 Å². The van der Waals surface area contributed by atoms with E-state index in [1.54, 1.807) is 0 Å². The monoisotopic (exact) mass is 328 g/mol. The molecule has 1 aliphatic carbocycles. The minimum atomic E-state index is -0.289. The van der Waals surface area contributed by atoms with Crippen molar-refractivity contribution in [1.82, 2.24) is 4.98 Å². The Morgan fingerprint density at radius 3 is 1.96 bits per heavy atom. The molecule has 24 heavy (non-hydrogen) atoms.